The molecule has 326 valence electrons. The smallest absolute Gasteiger partial charge is 0.407 e. The van der Waals surface area contributed by atoms with Gasteiger partial charge in [-0.2, -0.15) is 0 Å². The summed E-state index contributed by atoms with van der Waals surface area (Å²) < 4.78 is 31.0. The van der Waals surface area contributed by atoms with Gasteiger partial charge in [-0.05, 0) is 80.0 Å². The minimum absolute atomic E-state index is 0.0751. The fraction of sp³-hybridized carbons (Fsp3) is 0.444. The summed E-state index contributed by atoms with van der Waals surface area (Å²) in [5.74, 6) is 0.262. The monoisotopic (exact) mass is 849 g/mol. The van der Waals surface area contributed by atoms with Crippen molar-refractivity contribution in [1.29, 1.82) is 0 Å². The number of carbonyl (C=O) groups is 4. The van der Waals surface area contributed by atoms with E-state index in [1.165, 1.54) is 20.3 Å². The number of H-pyrrole nitrogens is 2. The summed E-state index contributed by atoms with van der Waals surface area (Å²) in [7, 11) is 2.56. The molecule has 5 aromatic rings. The van der Waals surface area contributed by atoms with Crippen LogP contribution in [0.3, 0.4) is 0 Å². The zero-order chi connectivity index (χ0) is 43.5. The van der Waals surface area contributed by atoms with E-state index in [0.717, 1.165) is 41.3 Å². The van der Waals surface area contributed by atoms with Crippen molar-refractivity contribution >= 4 is 34.8 Å². The van der Waals surface area contributed by atoms with Gasteiger partial charge in [0.2, 0.25) is 11.8 Å². The van der Waals surface area contributed by atoms with Crippen molar-refractivity contribution in [2.75, 3.05) is 40.5 Å². The second-order valence-corrected chi connectivity index (χ2v) is 16.5. The quantitative estimate of drug-likeness (QED) is 0.111. The summed E-state index contributed by atoms with van der Waals surface area (Å²) >= 11 is 0. The van der Waals surface area contributed by atoms with E-state index < -0.39 is 30.1 Å². The number of aromatic nitrogens is 5. The number of carbonyl (C=O) groups excluding carboxylic acids is 4. The van der Waals surface area contributed by atoms with Gasteiger partial charge in [-0.3, -0.25) is 14.6 Å². The summed E-state index contributed by atoms with van der Waals surface area (Å²) in [5.41, 5.74) is 3.70. The summed E-state index contributed by atoms with van der Waals surface area (Å²) in [4.78, 5) is 76.0. The van der Waals surface area contributed by atoms with Gasteiger partial charge in [-0.1, -0.05) is 32.0 Å². The fourth-order valence-electron chi connectivity index (χ4n) is 8.95. The number of nitrogens with zero attached hydrogens (tertiary/aromatic N) is 5. The van der Waals surface area contributed by atoms with E-state index in [1.54, 1.807) is 34.5 Å². The Hall–Kier alpha value is -6.36. The Morgan fingerprint density at radius 1 is 0.742 bits per heavy atom. The number of aromatic amines is 2. The molecular weight excluding hydrogens is 798 g/mol. The number of rotatable bonds is 11. The lowest BCUT2D eigenvalue weighted by Gasteiger charge is -2.34. The molecule has 0 radical (unpaired) electrons. The third-order valence-electron chi connectivity index (χ3n) is 12.3. The van der Waals surface area contributed by atoms with Crippen molar-refractivity contribution in [3.63, 3.8) is 0 Å². The Bertz CT molecular complexity index is 2450. The van der Waals surface area contributed by atoms with E-state index in [-0.39, 0.29) is 35.7 Å². The van der Waals surface area contributed by atoms with Gasteiger partial charge >= 0.3 is 12.2 Å². The molecule has 3 fully saturated rings. The highest BCUT2D eigenvalue weighted by Crippen LogP contribution is 2.36. The number of amides is 4. The van der Waals surface area contributed by atoms with Crippen LogP contribution in [0.25, 0.3) is 44.5 Å². The molecule has 4 N–H and O–H groups in total. The van der Waals surface area contributed by atoms with Crippen LogP contribution in [0.4, 0.5) is 14.0 Å². The molecule has 0 saturated carbocycles. The number of benzene rings is 2. The largest absolute Gasteiger partial charge is 0.453 e. The standard InChI is InChI=1S/C45H52FN9O7/c1-25(2)38(52-44(58)60-3)42(56)54-15-5-7-36(54)40-48-23-34(50-40)28-10-9-27-21-33(47-22-30(27)19-28)31-12-11-29(20-32(31)46)35-24-49-41(51-35)37-8-6-16-55(37)43(57)39(53-45(59)61-4)26-13-17-62-18-14-26/h9-12,19-26,36-39H,5-8,13-18H2,1-4H3,(H,48,50)(H,49,51)(H,52,58)(H,53,59). The lowest BCUT2D eigenvalue weighted by atomic mass is 9.90. The highest BCUT2D eigenvalue weighted by molar-refractivity contribution is 5.90. The first-order valence-corrected chi connectivity index (χ1v) is 21.2. The van der Waals surface area contributed by atoms with Gasteiger partial charge in [-0.15, -0.1) is 0 Å². The van der Waals surface area contributed by atoms with Crippen LogP contribution in [0.15, 0.2) is 61.1 Å². The van der Waals surface area contributed by atoms with Gasteiger partial charge in [0.05, 0.1) is 55.8 Å². The Balaban J connectivity index is 0.953. The van der Waals surface area contributed by atoms with Crippen molar-refractivity contribution in [1.82, 2.24) is 45.4 Å². The zero-order valence-electron chi connectivity index (χ0n) is 35.3. The minimum Gasteiger partial charge on any atom is -0.453 e. The van der Waals surface area contributed by atoms with Crippen LogP contribution in [-0.2, 0) is 23.8 Å². The van der Waals surface area contributed by atoms with E-state index in [0.29, 0.717) is 79.7 Å². The molecule has 4 unspecified atom stereocenters. The Labute approximate surface area is 358 Å². The Morgan fingerprint density at radius 3 is 1.95 bits per heavy atom. The molecule has 4 atom stereocenters. The van der Waals surface area contributed by atoms with E-state index in [1.807, 2.05) is 44.2 Å². The number of nitrogens with one attached hydrogen (secondary N) is 4. The molecule has 62 heavy (non-hydrogen) atoms. The van der Waals surface area contributed by atoms with E-state index in [2.05, 4.69) is 35.6 Å². The average molecular weight is 850 g/mol. The van der Waals surface area contributed by atoms with E-state index in [4.69, 9.17) is 14.2 Å². The maximum absolute atomic E-state index is 15.9. The number of pyridine rings is 1. The summed E-state index contributed by atoms with van der Waals surface area (Å²) in [6.07, 6.45) is 8.16. The van der Waals surface area contributed by atoms with Crippen LogP contribution in [0.5, 0.6) is 0 Å². The SMILES string of the molecule is COC(=O)NC(C(=O)N1CCCC1c1ncc(-c2ccc3cc(-c4ccc(-c5cnc(C6CCCN6C(=O)C(NC(=O)OC)C6CCOCC6)[nH]5)cc4F)ncc3c2)[nH]1)C(C)C. The number of hydrogen-bond donors (Lipinski definition) is 4. The number of likely N-dealkylation sites (tertiary alicyclic amines) is 2. The van der Waals surface area contributed by atoms with Crippen molar-refractivity contribution in [3.8, 4) is 33.8 Å². The minimum atomic E-state index is -0.741. The number of imidazole rings is 2. The molecule has 8 rings (SSSR count). The number of methoxy groups -OCH3 is 2. The molecule has 6 heterocycles. The molecule has 3 aliphatic rings. The van der Waals surface area contributed by atoms with Crippen LogP contribution in [-0.4, -0.2) is 111 Å². The first-order valence-electron chi connectivity index (χ1n) is 21.2. The topological polar surface area (TPSA) is 197 Å². The van der Waals surface area contributed by atoms with Crippen molar-refractivity contribution in [2.45, 2.75) is 76.5 Å². The molecule has 0 aliphatic carbocycles. The fourth-order valence-corrected chi connectivity index (χ4v) is 8.95. The lowest BCUT2D eigenvalue weighted by molar-refractivity contribution is -0.137. The molecular formula is C45H52FN9O7. The lowest BCUT2D eigenvalue weighted by Crippen LogP contribution is -2.53. The van der Waals surface area contributed by atoms with E-state index >= 15 is 4.39 Å². The molecule has 2 aromatic carbocycles. The van der Waals surface area contributed by atoms with Gasteiger partial charge in [0.1, 0.15) is 29.5 Å². The first-order chi connectivity index (χ1) is 30.0. The Morgan fingerprint density at radius 2 is 1.34 bits per heavy atom. The third-order valence-corrected chi connectivity index (χ3v) is 12.3. The molecule has 4 amide bonds. The summed E-state index contributed by atoms with van der Waals surface area (Å²) in [6, 6.07) is 10.7. The number of alkyl carbamates (subject to hydrolysis) is 2. The molecule has 16 nitrogen and oxygen atoms in total. The van der Waals surface area contributed by atoms with Crippen LogP contribution >= 0.6 is 0 Å². The highest BCUT2D eigenvalue weighted by Gasteiger charge is 2.41. The normalized spacial score (nSPS) is 19.1. The van der Waals surface area contributed by atoms with Crippen LogP contribution in [0, 0.1) is 17.7 Å². The highest BCUT2D eigenvalue weighted by atomic mass is 19.1. The van der Waals surface area contributed by atoms with Gasteiger partial charge in [0, 0.05) is 54.6 Å². The van der Waals surface area contributed by atoms with Gasteiger partial charge < -0.3 is 44.6 Å². The maximum atomic E-state index is 15.9. The third kappa shape index (κ3) is 8.71. The van der Waals surface area contributed by atoms with Crippen LogP contribution in [0.2, 0.25) is 0 Å². The van der Waals surface area contributed by atoms with Crippen molar-refractivity contribution in [3.05, 3.63) is 78.5 Å². The second-order valence-electron chi connectivity index (χ2n) is 16.5. The number of ether oxygens (including phenoxy) is 3. The molecule has 0 bridgehead atoms. The number of hydrogen-bond acceptors (Lipinski definition) is 10. The zero-order valence-corrected chi connectivity index (χ0v) is 35.3. The molecule has 17 heteroatoms. The predicted octanol–water partition coefficient (Wildman–Crippen LogP) is 6.68. The van der Waals surface area contributed by atoms with Crippen LogP contribution in [0.1, 0.15) is 76.1 Å². The van der Waals surface area contributed by atoms with Gasteiger partial charge in [0.15, 0.2) is 0 Å². The average Bonchev–Trinajstić information content (AvgIpc) is 4.14. The number of fused-ring (bicyclic) bond motifs is 1. The Kier molecular flexibility index (Phi) is 12.5. The van der Waals surface area contributed by atoms with Crippen molar-refractivity contribution < 1.29 is 37.8 Å². The predicted molar refractivity (Wildman–Crippen MR) is 227 cm³/mol. The first kappa shape index (κ1) is 42.3. The maximum Gasteiger partial charge on any atom is 0.407 e. The van der Waals surface area contributed by atoms with Crippen molar-refractivity contribution in [2.24, 2.45) is 11.8 Å². The summed E-state index contributed by atoms with van der Waals surface area (Å²) in [6.45, 7) is 5.90. The number of halogens is 1. The molecule has 3 aromatic heterocycles. The molecule has 3 saturated heterocycles. The molecule has 0 spiro atoms. The second kappa shape index (κ2) is 18.3. The van der Waals surface area contributed by atoms with E-state index in [9.17, 15) is 19.2 Å². The molecule has 3 aliphatic heterocycles. The van der Waals surface area contributed by atoms with Gasteiger partial charge in [0.25, 0.3) is 0 Å². The van der Waals surface area contributed by atoms with Gasteiger partial charge in [-0.25, -0.2) is 23.9 Å². The van der Waals surface area contributed by atoms with Crippen LogP contribution < -0.4 is 10.6 Å². The summed E-state index contributed by atoms with van der Waals surface area (Å²) in [5, 5.41) is 7.19.